The van der Waals surface area contributed by atoms with E-state index < -0.39 is 10.8 Å². The molecule has 0 aliphatic heterocycles. The molecule has 0 saturated heterocycles. The number of amides is 2. The smallest absolute Gasteiger partial charge is 0.225 e. The van der Waals surface area contributed by atoms with Gasteiger partial charge in [-0.05, 0) is 39.9 Å². The highest BCUT2D eigenvalue weighted by Crippen LogP contribution is 2.38. The van der Waals surface area contributed by atoms with Gasteiger partial charge in [-0.3, -0.25) is 9.59 Å². The van der Waals surface area contributed by atoms with Crippen molar-refractivity contribution in [2.45, 2.75) is 79.1 Å². The molecular formula is C25H53N4O2+. The van der Waals surface area contributed by atoms with E-state index in [0.29, 0.717) is 19.5 Å². The molecule has 0 bridgehead atoms. The van der Waals surface area contributed by atoms with Gasteiger partial charge in [-0.1, -0.05) is 53.4 Å². The summed E-state index contributed by atoms with van der Waals surface area (Å²) < 4.78 is 0.892. The van der Waals surface area contributed by atoms with Gasteiger partial charge in [0.15, 0.2) is 0 Å². The topological polar surface area (TPSA) is 61.4 Å². The number of nitrogens with zero attached hydrogens (tertiary/aromatic N) is 2. The van der Waals surface area contributed by atoms with Crippen LogP contribution < -0.4 is 10.6 Å². The molecule has 0 aliphatic rings. The predicted octanol–water partition coefficient (Wildman–Crippen LogP) is 3.66. The van der Waals surface area contributed by atoms with Crippen LogP contribution >= 0.6 is 0 Å². The van der Waals surface area contributed by atoms with Crippen molar-refractivity contribution < 1.29 is 14.1 Å². The summed E-state index contributed by atoms with van der Waals surface area (Å²) in [5.74, 6) is 0.141. The van der Waals surface area contributed by atoms with E-state index in [1.807, 2.05) is 34.9 Å². The summed E-state index contributed by atoms with van der Waals surface area (Å²) in [4.78, 5) is 28.3. The molecule has 0 rings (SSSR count). The Balaban J connectivity index is 4.98. The van der Waals surface area contributed by atoms with Crippen molar-refractivity contribution in [2.75, 3.05) is 61.4 Å². The maximum atomic E-state index is 13.2. The highest BCUT2D eigenvalue weighted by Gasteiger charge is 2.41. The maximum absolute atomic E-state index is 13.2. The van der Waals surface area contributed by atoms with Crippen molar-refractivity contribution in [3.05, 3.63) is 0 Å². The molecule has 1 unspecified atom stereocenters. The minimum atomic E-state index is -0.586. The van der Waals surface area contributed by atoms with Gasteiger partial charge in [0, 0.05) is 30.3 Å². The van der Waals surface area contributed by atoms with Crippen LogP contribution in [0.5, 0.6) is 0 Å². The molecule has 0 fully saturated rings. The minimum absolute atomic E-state index is 0.0501. The number of carbonyl (C=O) groups is 2. The molecule has 2 N–H and O–H groups in total. The van der Waals surface area contributed by atoms with Crippen LogP contribution in [0.25, 0.3) is 0 Å². The molecule has 2 amide bonds. The fourth-order valence-corrected chi connectivity index (χ4v) is 4.09. The SMILES string of the molecule is CCCCCCC(C)(CC(C)(C)C(=O)NCCC[N+](C)(C)C)C(=O)NCCCN(C)C. The van der Waals surface area contributed by atoms with Gasteiger partial charge in [0.25, 0.3) is 0 Å². The lowest BCUT2D eigenvalue weighted by Gasteiger charge is -2.36. The van der Waals surface area contributed by atoms with Crippen LogP contribution in [0, 0.1) is 10.8 Å². The van der Waals surface area contributed by atoms with Crippen molar-refractivity contribution >= 4 is 11.8 Å². The second-order valence-electron chi connectivity index (χ2n) is 11.5. The van der Waals surface area contributed by atoms with Gasteiger partial charge in [-0.2, -0.15) is 0 Å². The van der Waals surface area contributed by atoms with Gasteiger partial charge in [0.2, 0.25) is 11.8 Å². The Kier molecular flexibility index (Phi) is 13.6. The predicted molar refractivity (Wildman–Crippen MR) is 132 cm³/mol. The molecule has 6 heteroatoms. The molecule has 0 heterocycles. The average Bonchev–Trinajstić information content (AvgIpc) is 2.64. The van der Waals surface area contributed by atoms with E-state index in [9.17, 15) is 9.59 Å². The third kappa shape index (κ3) is 13.8. The molecule has 0 radical (unpaired) electrons. The molecule has 184 valence electrons. The molecular weight excluding hydrogens is 388 g/mol. The molecule has 1 atom stereocenters. The highest BCUT2D eigenvalue weighted by atomic mass is 16.2. The number of quaternary nitrogens is 1. The third-order valence-electron chi connectivity index (χ3n) is 5.94. The van der Waals surface area contributed by atoms with E-state index in [-0.39, 0.29) is 11.8 Å². The van der Waals surface area contributed by atoms with Crippen LogP contribution in [-0.2, 0) is 9.59 Å². The Morgan fingerprint density at radius 3 is 1.97 bits per heavy atom. The Morgan fingerprint density at radius 1 is 0.839 bits per heavy atom. The molecule has 6 nitrogen and oxygen atoms in total. The molecule has 0 aliphatic carbocycles. The fraction of sp³-hybridized carbons (Fsp3) is 0.920. The summed E-state index contributed by atoms with van der Waals surface area (Å²) >= 11 is 0. The Labute approximate surface area is 193 Å². The molecule has 0 aromatic carbocycles. The van der Waals surface area contributed by atoms with E-state index >= 15 is 0 Å². The summed E-state index contributed by atoms with van der Waals surface area (Å²) in [6.07, 6.45) is 7.80. The zero-order valence-corrected chi connectivity index (χ0v) is 22.2. The lowest BCUT2D eigenvalue weighted by atomic mass is 9.70. The van der Waals surface area contributed by atoms with Gasteiger partial charge < -0.3 is 20.0 Å². The van der Waals surface area contributed by atoms with Gasteiger partial charge >= 0.3 is 0 Å². The summed E-state index contributed by atoms with van der Waals surface area (Å²) in [7, 11) is 10.6. The maximum Gasteiger partial charge on any atom is 0.225 e. The second kappa shape index (κ2) is 14.1. The van der Waals surface area contributed by atoms with E-state index in [1.165, 1.54) is 12.8 Å². The number of hydrogen-bond donors (Lipinski definition) is 2. The van der Waals surface area contributed by atoms with Crippen LogP contribution in [-0.4, -0.2) is 82.6 Å². The summed E-state index contributed by atoms with van der Waals surface area (Å²) in [5, 5.41) is 6.26. The highest BCUT2D eigenvalue weighted by molar-refractivity contribution is 5.85. The Morgan fingerprint density at radius 2 is 1.42 bits per heavy atom. The van der Waals surface area contributed by atoms with Crippen LogP contribution in [0.2, 0.25) is 0 Å². The standard InChI is InChI=1S/C25H52N4O2/c1-10-11-12-13-16-25(4,23(31)27-17-14-19-28(5)6)21-24(2,3)22(30)26-18-15-20-29(7,8)9/h10-21H2,1-9H3,(H-,26,27,30,31)/p+1. The molecule has 0 saturated carbocycles. The first-order valence-electron chi connectivity index (χ1n) is 12.3. The average molecular weight is 442 g/mol. The molecule has 31 heavy (non-hydrogen) atoms. The number of unbranched alkanes of at least 4 members (excludes halogenated alkanes) is 3. The number of rotatable bonds is 17. The number of nitrogens with one attached hydrogen (secondary N) is 2. The number of carbonyl (C=O) groups excluding carboxylic acids is 2. The van der Waals surface area contributed by atoms with Crippen molar-refractivity contribution in [3.63, 3.8) is 0 Å². The third-order valence-corrected chi connectivity index (χ3v) is 5.94. The first-order chi connectivity index (χ1) is 14.2. The fourth-order valence-electron chi connectivity index (χ4n) is 4.09. The van der Waals surface area contributed by atoms with Crippen molar-refractivity contribution in [3.8, 4) is 0 Å². The quantitative estimate of drug-likeness (QED) is 0.267. The van der Waals surface area contributed by atoms with Crippen LogP contribution in [0.1, 0.15) is 79.1 Å². The van der Waals surface area contributed by atoms with Crippen LogP contribution in [0.15, 0.2) is 0 Å². The van der Waals surface area contributed by atoms with Crippen molar-refractivity contribution in [2.24, 2.45) is 10.8 Å². The van der Waals surface area contributed by atoms with E-state index in [0.717, 1.165) is 49.7 Å². The Bertz CT molecular complexity index is 526. The number of hydrogen-bond acceptors (Lipinski definition) is 3. The van der Waals surface area contributed by atoms with E-state index in [2.05, 4.69) is 43.6 Å². The summed E-state index contributed by atoms with van der Waals surface area (Å²) in [5.41, 5.74) is -1.12. The summed E-state index contributed by atoms with van der Waals surface area (Å²) in [6, 6.07) is 0. The van der Waals surface area contributed by atoms with Crippen LogP contribution in [0.3, 0.4) is 0 Å². The molecule has 0 aromatic rings. The van der Waals surface area contributed by atoms with E-state index in [1.54, 1.807) is 0 Å². The van der Waals surface area contributed by atoms with Gasteiger partial charge in [0.1, 0.15) is 0 Å². The van der Waals surface area contributed by atoms with Crippen molar-refractivity contribution in [1.29, 1.82) is 0 Å². The molecule has 0 spiro atoms. The van der Waals surface area contributed by atoms with Gasteiger partial charge in [-0.15, -0.1) is 0 Å². The zero-order valence-electron chi connectivity index (χ0n) is 22.2. The second-order valence-corrected chi connectivity index (χ2v) is 11.5. The van der Waals surface area contributed by atoms with E-state index in [4.69, 9.17) is 0 Å². The van der Waals surface area contributed by atoms with Gasteiger partial charge in [-0.25, -0.2) is 0 Å². The lowest BCUT2D eigenvalue weighted by molar-refractivity contribution is -0.870. The normalized spacial score (nSPS) is 14.4. The summed E-state index contributed by atoms with van der Waals surface area (Å²) in [6.45, 7) is 11.5. The Hall–Kier alpha value is -1.14. The molecule has 0 aromatic heterocycles. The lowest BCUT2D eigenvalue weighted by Crippen LogP contribution is -2.47. The first-order valence-corrected chi connectivity index (χ1v) is 12.3. The largest absolute Gasteiger partial charge is 0.356 e. The van der Waals surface area contributed by atoms with Gasteiger partial charge in [0.05, 0.1) is 27.7 Å². The zero-order chi connectivity index (χ0) is 24.1. The first kappa shape index (κ1) is 29.9. The van der Waals surface area contributed by atoms with Crippen molar-refractivity contribution in [1.82, 2.24) is 15.5 Å². The van der Waals surface area contributed by atoms with Crippen LogP contribution in [0.4, 0.5) is 0 Å². The minimum Gasteiger partial charge on any atom is -0.356 e. The monoisotopic (exact) mass is 441 g/mol.